The first kappa shape index (κ1) is 19.2. The van der Waals surface area contributed by atoms with Gasteiger partial charge in [0.05, 0.1) is 33.8 Å². The number of ether oxygens (including phenoxy) is 2. The molecule has 0 amide bonds. The summed E-state index contributed by atoms with van der Waals surface area (Å²) in [5, 5.41) is 17.9. The molecule has 1 aliphatic rings. The van der Waals surface area contributed by atoms with Crippen molar-refractivity contribution in [3.63, 3.8) is 0 Å². The number of H-pyrrole nitrogens is 1. The van der Waals surface area contributed by atoms with Crippen LogP contribution in [0.25, 0.3) is 11.3 Å². The quantitative estimate of drug-likeness (QED) is 0.611. The van der Waals surface area contributed by atoms with Crippen LogP contribution in [0.5, 0.6) is 11.6 Å². The molecular weight excluding hydrogens is 411 g/mol. The van der Waals surface area contributed by atoms with Gasteiger partial charge in [-0.25, -0.2) is 0 Å². The fourth-order valence-corrected chi connectivity index (χ4v) is 3.67. The van der Waals surface area contributed by atoms with E-state index in [0.29, 0.717) is 39.4 Å². The van der Waals surface area contributed by atoms with Gasteiger partial charge in [0.15, 0.2) is 0 Å². The highest BCUT2D eigenvalue weighted by molar-refractivity contribution is 6.42. The zero-order valence-corrected chi connectivity index (χ0v) is 16.9. The van der Waals surface area contributed by atoms with Crippen LogP contribution in [0.3, 0.4) is 0 Å². The number of rotatable bonds is 4. The summed E-state index contributed by atoms with van der Waals surface area (Å²) in [5.41, 5.74) is 9.34. The Morgan fingerprint density at radius 3 is 2.62 bits per heavy atom. The third-order valence-corrected chi connectivity index (χ3v) is 5.41. The number of fused-ring (bicyclic) bond motifs is 1. The Hall–Kier alpha value is -3.14. The van der Waals surface area contributed by atoms with Gasteiger partial charge in [-0.1, -0.05) is 41.4 Å². The van der Waals surface area contributed by atoms with Crippen LogP contribution in [-0.4, -0.2) is 16.8 Å². The Morgan fingerprint density at radius 2 is 1.97 bits per heavy atom. The van der Waals surface area contributed by atoms with Gasteiger partial charge in [0.25, 0.3) is 0 Å². The smallest absolute Gasteiger partial charge is 0.244 e. The minimum Gasteiger partial charge on any atom is -0.494 e. The normalized spacial score (nSPS) is 15.4. The van der Waals surface area contributed by atoms with E-state index < -0.39 is 5.92 Å². The Bertz CT molecular complexity index is 1150. The van der Waals surface area contributed by atoms with E-state index in [1.54, 1.807) is 12.1 Å². The number of nitriles is 1. The molecule has 1 unspecified atom stereocenters. The van der Waals surface area contributed by atoms with E-state index in [4.69, 9.17) is 38.4 Å². The lowest BCUT2D eigenvalue weighted by atomic mass is 9.83. The van der Waals surface area contributed by atoms with E-state index in [1.807, 2.05) is 37.3 Å². The molecule has 1 aromatic heterocycles. The third kappa shape index (κ3) is 3.39. The molecule has 0 fully saturated rings. The number of allylic oxidation sites excluding steroid dienone is 1. The molecule has 1 aliphatic heterocycles. The lowest BCUT2D eigenvalue weighted by Crippen LogP contribution is -2.21. The molecule has 0 saturated carbocycles. The van der Waals surface area contributed by atoms with Crippen LogP contribution in [0.15, 0.2) is 53.9 Å². The molecule has 146 valence electrons. The topological polar surface area (TPSA) is 96.9 Å². The Balaban J connectivity index is 1.88. The molecule has 8 heteroatoms. The fraction of sp³-hybridized carbons (Fsp3) is 0.143. The Kier molecular flexibility index (Phi) is 5.10. The minimum atomic E-state index is -0.456. The van der Waals surface area contributed by atoms with E-state index >= 15 is 0 Å². The van der Waals surface area contributed by atoms with Crippen molar-refractivity contribution < 1.29 is 9.47 Å². The lowest BCUT2D eigenvalue weighted by molar-refractivity contribution is 0.340. The first-order valence-electron chi connectivity index (χ1n) is 8.87. The summed E-state index contributed by atoms with van der Waals surface area (Å²) in [6.07, 6.45) is 0. The maximum absolute atomic E-state index is 9.78. The summed E-state index contributed by atoms with van der Waals surface area (Å²) in [7, 11) is 0. The van der Waals surface area contributed by atoms with Crippen molar-refractivity contribution in [3.05, 3.63) is 75.1 Å². The summed E-state index contributed by atoms with van der Waals surface area (Å²) in [6, 6.07) is 15.0. The SMILES string of the molecule is CCOc1ccc(C2C(C#N)=C(N)Oc3n[nH]c(-c4ccc(Cl)c(Cl)c4)c32)cc1. The van der Waals surface area contributed by atoms with Gasteiger partial charge in [0, 0.05) is 5.56 Å². The minimum absolute atomic E-state index is 0.0334. The van der Waals surface area contributed by atoms with Crippen LogP contribution in [0.1, 0.15) is 24.0 Å². The lowest BCUT2D eigenvalue weighted by Gasteiger charge is -2.24. The average Bonchev–Trinajstić information content (AvgIpc) is 3.13. The highest BCUT2D eigenvalue weighted by Gasteiger charge is 2.35. The first-order valence-corrected chi connectivity index (χ1v) is 9.63. The number of hydrogen-bond donors (Lipinski definition) is 2. The standard InChI is InChI=1S/C21H16Cl2N4O2/c1-2-28-13-6-3-11(4-7-13)17-14(10-24)20(25)29-21-18(17)19(26-27-21)12-5-8-15(22)16(23)9-12/h3-9,17H,2,25H2,1H3,(H,26,27). The molecule has 0 saturated heterocycles. The maximum atomic E-state index is 9.78. The molecular formula is C21H16Cl2N4O2. The van der Waals surface area contributed by atoms with Gasteiger partial charge in [0.1, 0.15) is 17.4 Å². The van der Waals surface area contributed by atoms with E-state index in [9.17, 15) is 5.26 Å². The second-order valence-electron chi connectivity index (χ2n) is 6.37. The van der Waals surface area contributed by atoms with Crippen LogP contribution in [-0.2, 0) is 0 Å². The maximum Gasteiger partial charge on any atom is 0.244 e. The fourth-order valence-electron chi connectivity index (χ4n) is 3.37. The van der Waals surface area contributed by atoms with Crippen LogP contribution < -0.4 is 15.2 Å². The third-order valence-electron chi connectivity index (χ3n) is 4.67. The van der Waals surface area contributed by atoms with Gasteiger partial charge in [0.2, 0.25) is 11.8 Å². The van der Waals surface area contributed by atoms with Crippen molar-refractivity contribution in [2.24, 2.45) is 5.73 Å². The highest BCUT2D eigenvalue weighted by atomic mass is 35.5. The van der Waals surface area contributed by atoms with Crippen LogP contribution in [0, 0.1) is 11.3 Å². The predicted molar refractivity (Wildman–Crippen MR) is 111 cm³/mol. The summed E-state index contributed by atoms with van der Waals surface area (Å²) < 4.78 is 11.1. The van der Waals surface area contributed by atoms with Gasteiger partial charge < -0.3 is 15.2 Å². The zero-order chi connectivity index (χ0) is 20.5. The average molecular weight is 427 g/mol. The molecule has 2 heterocycles. The van der Waals surface area contributed by atoms with Crippen molar-refractivity contribution >= 4 is 23.2 Å². The molecule has 0 bridgehead atoms. The molecule has 3 N–H and O–H groups in total. The number of aromatic amines is 1. The molecule has 6 nitrogen and oxygen atoms in total. The number of aromatic nitrogens is 2. The Morgan fingerprint density at radius 1 is 1.21 bits per heavy atom. The van der Waals surface area contributed by atoms with Crippen LogP contribution in [0.2, 0.25) is 10.0 Å². The zero-order valence-electron chi connectivity index (χ0n) is 15.4. The largest absolute Gasteiger partial charge is 0.494 e. The van der Waals surface area contributed by atoms with Gasteiger partial charge >= 0.3 is 0 Å². The summed E-state index contributed by atoms with van der Waals surface area (Å²) >= 11 is 12.3. The van der Waals surface area contributed by atoms with Crippen molar-refractivity contribution in [2.45, 2.75) is 12.8 Å². The van der Waals surface area contributed by atoms with Crippen LogP contribution >= 0.6 is 23.2 Å². The molecule has 4 rings (SSSR count). The number of halogens is 2. The summed E-state index contributed by atoms with van der Waals surface area (Å²) in [6.45, 7) is 2.49. The van der Waals surface area contributed by atoms with Crippen molar-refractivity contribution in [3.8, 4) is 29.0 Å². The summed E-state index contributed by atoms with van der Waals surface area (Å²) in [5.74, 6) is 0.644. The van der Waals surface area contributed by atoms with Gasteiger partial charge in [-0.2, -0.15) is 5.26 Å². The monoisotopic (exact) mass is 426 g/mol. The number of nitrogens with zero attached hydrogens (tertiary/aromatic N) is 2. The molecule has 1 atom stereocenters. The van der Waals surface area contributed by atoms with Crippen molar-refractivity contribution in [1.29, 1.82) is 5.26 Å². The molecule has 0 spiro atoms. The predicted octanol–water partition coefficient (Wildman–Crippen LogP) is 5.00. The second kappa shape index (κ2) is 7.70. The molecule has 0 aliphatic carbocycles. The van der Waals surface area contributed by atoms with Gasteiger partial charge in [-0.3, -0.25) is 5.10 Å². The number of nitrogens with one attached hydrogen (secondary N) is 1. The molecule has 0 radical (unpaired) electrons. The molecule has 3 aromatic rings. The van der Waals surface area contributed by atoms with E-state index in [1.165, 1.54) is 0 Å². The van der Waals surface area contributed by atoms with E-state index in [2.05, 4.69) is 16.3 Å². The first-order chi connectivity index (χ1) is 14.0. The Labute approximate surface area is 177 Å². The highest BCUT2D eigenvalue weighted by Crippen LogP contribution is 2.46. The number of hydrogen-bond acceptors (Lipinski definition) is 5. The van der Waals surface area contributed by atoms with E-state index in [-0.39, 0.29) is 5.88 Å². The second-order valence-corrected chi connectivity index (χ2v) is 7.19. The van der Waals surface area contributed by atoms with Crippen molar-refractivity contribution in [1.82, 2.24) is 10.2 Å². The molecule has 29 heavy (non-hydrogen) atoms. The molecule has 2 aromatic carbocycles. The van der Waals surface area contributed by atoms with Crippen LogP contribution in [0.4, 0.5) is 0 Å². The van der Waals surface area contributed by atoms with Gasteiger partial charge in [-0.05, 0) is 36.8 Å². The van der Waals surface area contributed by atoms with Gasteiger partial charge in [-0.15, -0.1) is 5.10 Å². The summed E-state index contributed by atoms with van der Waals surface area (Å²) in [4.78, 5) is 0. The number of nitrogens with two attached hydrogens (primary N) is 1. The van der Waals surface area contributed by atoms with E-state index in [0.717, 1.165) is 16.9 Å². The van der Waals surface area contributed by atoms with Crippen molar-refractivity contribution in [2.75, 3.05) is 6.61 Å². The number of benzene rings is 2.